The monoisotopic (exact) mass is 572 g/mol. The summed E-state index contributed by atoms with van der Waals surface area (Å²) in [6.07, 6.45) is 0.641. The van der Waals surface area contributed by atoms with Crippen molar-refractivity contribution in [3.8, 4) is 0 Å². The van der Waals surface area contributed by atoms with Gasteiger partial charge in [0.05, 0.1) is 32.3 Å². The molecule has 13 heteroatoms. The van der Waals surface area contributed by atoms with Crippen molar-refractivity contribution in [3.63, 3.8) is 0 Å². The van der Waals surface area contributed by atoms with Crippen molar-refractivity contribution in [1.29, 1.82) is 0 Å². The van der Waals surface area contributed by atoms with Crippen LogP contribution in [0.4, 0.5) is 5.69 Å². The summed E-state index contributed by atoms with van der Waals surface area (Å²) in [6, 6.07) is 17.5. The van der Waals surface area contributed by atoms with E-state index in [1.807, 2.05) is 12.1 Å². The number of carbonyl (C=O) groups is 1. The van der Waals surface area contributed by atoms with Gasteiger partial charge in [-0.25, -0.2) is 22.0 Å². The number of sulfonamides is 2. The summed E-state index contributed by atoms with van der Waals surface area (Å²) in [7, 11) is -6.14. The zero-order valence-corrected chi connectivity index (χ0v) is 22.7. The number of nitrogens with zero attached hydrogens (tertiary/aromatic N) is 3. The Morgan fingerprint density at radius 2 is 1.74 bits per heavy atom. The highest BCUT2D eigenvalue weighted by molar-refractivity contribution is 7.92. The van der Waals surface area contributed by atoms with E-state index in [0.717, 1.165) is 16.9 Å². The quantitative estimate of drug-likeness (QED) is 0.361. The second-order valence-corrected chi connectivity index (χ2v) is 13.0. The number of thiazole rings is 1. The van der Waals surface area contributed by atoms with Gasteiger partial charge in [0, 0.05) is 25.8 Å². The first kappa shape index (κ1) is 26.3. The maximum absolute atomic E-state index is 13.3. The highest BCUT2D eigenvalue weighted by Gasteiger charge is 2.30. The second-order valence-electron chi connectivity index (χ2n) is 8.60. The molecule has 0 unspecified atom stereocenters. The molecule has 4 aromatic rings. The number of anilines is 1. The molecule has 0 saturated carbocycles. The summed E-state index contributed by atoms with van der Waals surface area (Å²) >= 11 is 1.14. The Morgan fingerprint density at radius 1 is 1.03 bits per heavy atom. The maximum Gasteiger partial charge on any atom is 0.279 e. The Labute approximate surface area is 223 Å². The molecule has 38 heavy (non-hydrogen) atoms. The van der Waals surface area contributed by atoms with E-state index in [0.29, 0.717) is 46.8 Å². The van der Waals surface area contributed by atoms with E-state index >= 15 is 0 Å². The van der Waals surface area contributed by atoms with Crippen molar-refractivity contribution in [3.05, 3.63) is 82.7 Å². The fourth-order valence-corrected chi connectivity index (χ4v) is 7.53. The first-order chi connectivity index (χ1) is 18.1. The number of nitrogens with two attached hydrogens (primary N) is 1. The summed E-state index contributed by atoms with van der Waals surface area (Å²) in [4.78, 5) is 17.7. The van der Waals surface area contributed by atoms with Gasteiger partial charge in [0.1, 0.15) is 0 Å². The van der Waals surface area contributed by atoms with Crippen molar-refractivity contribution < 1.29 is 26.4 Å². The molecule has 0 atom stereocenters. The molecule has 0 spiro atoms. The molecule has 10 nitrogen and oxygen atoms in total. The van der Waals surface area contributed by atoms with Crippen LogP contribution in [0.2, 0.25) is 0 Å². The third-order valence-corrected chi connectivity index (χ3v) is 10.0. The number of aromatic nitrogens is 1. The third kappa shape index (κ3) is 4.90. The number of rotatable bonds is 7. The van der Waals surface area contributed by atoms with Crippen molar-refractivity contribution in [2.45, 2.75) is 22.8 Å². The van der Waals surface area contributed by atoms with Crippen LogP contribution < -0.4 is 14.2 Å². The van der Waals surface area contributed by atoms with Gasteiger partial charge in [0.15, 0.2) is 4.80 Å². The molecule has 0 aliphatic carbocycles. The smallest absolute Gasteiger partial charge is 0.279 e. The largest absolute Gasteiger partial charge is 0.383 e. The molecule has 0 radical (unpaired) electrons. The Morgan fingerprint density at radius 3 is 2.45 bits per heavy atom. The molecule has 0 saturated heterocycles. The van der Waals surface area contributed by atoms with Crippen LogP contribution in [-0.4, -0.2) is 47.6 Å². The van der Waals surface area contributed by atoms with Crippen LogP contribution in [0, 0.1) is 0 Å². The van der Waals surface area contributed by atoms with Crippen molar-refractivity contribution in [2.24, 2.45) is 10.1 Å². The van der Waals surface area contributed by atoms with E-state index in [4.69, 9.17) is 9.88 Å². The minimum absolute atomic E-state index is 0.0413. The normalized spacial score (nSPS) is 14.3. The fraction of sp³-hybridized carbons (Fsp3) is 0.200. The van der Waals surface area contributed by atoms with Gasteiger partial charge in [0.2, 0.25) is 10.0 Å². The molecule has 0 bridgehead atoms. The average molecular weight is 573 g/mol. The molecule has 1 amide bonds. The maximum atomic E-state index is 13.3. The van der Waals surface area contributed by atoms with Crippen molar-refractivity contribution >= 4 is 53.2 Å². The molecule has 2 N–H and O–H groups in total. The van der Waals surface area contributed by atoms with E-state index in [1.165, 1.54) is 40.7 Å². The van der Waals surface area contributed by atoms with Crippen LogP contribution in [0.3, 0.4) is 0 Å². The van der Waals surface area contributed by atoms with Gasteiger partial charge in [0.25, 0.3) is 15.9 Å². The van der Waals surface area contributed by atoms with Crippen LogP contribution in [0.5, 0.6) is 0 Å². The Hall–Kier alpha value is -3.36. The third-order valence-electron chi connectivity index (χ3n) is 6.23. The molecular formula is C25H24N4O6S3. The predicted molar refractivity (Wildman–Crippen MR) is 144 cm³/mol. The molecule has 3 aromatic carbocycles. The van der Waals surface area contributed by atoms with Crippen LogP contribution in [0.15, 0.2) is 81.5 Å². The van der Waals surface area contributed by atoms with E-state index in [-0.39, 0.29) is 15.4 Å². The lowest BCUT2D eigenvalue weighted by Gasteiger charge is -2.19. The lowest BCUT2D eigenvalue weighted by Crippen LogP contribution is -2.29. The second kappa shape index (κ2) is 10.1. The lowest BCUT2D eigenvalue weighted by atomic mass is 10.2. The average Bonchev–Trinajstić information content (AvgIpc) is 3.48. The van der Waals surface area contributed by atoms with Gasteiger partial charge in [-0.3, -0.25) is 9.10 Å². The van der Waals surface area contributed by atoms with Gasteiger partial charge >= 0.3 is 0 Å². The molecule has 1 aromatic heterocycles. The summed E-state index contributed by atoms with van der Waals surface area (Å²) in [5.41, 5.74) is 2.53. The number of primary sulfonamides is 1. The summed E-state index contributed by atoms with van der Waals surface area (Å²) in [6.45, 7) is 1.08. The van der Waals surface area contributed by atoms with Gasteiger partial charge in [-0.15, -0.1) is 0 Å². The minimum atomic E-state index is -3.90. The number of carbonyl (C=O) groups excluding carboxylic acids is 1. The topological polar surface area (TPSA) is 141 Å². The number of para-hydroxylation sites is 1. The van der Waals surface area contributed by atoms with E-state index in [1.54, 1.807) is 29.9 Å². The summed E-state index contributed by atoms with van der Waals surface area (Å²) < 4.78 is 59.0. The van der Waals surface area contributed by atoms with Gasteiger partial charge in [-0.1, -0.05) is 29.5 Å². The van der Waals surface area contributed by atoms with Crippen molar-refractivity contribution in [2.75, 3.05) is 24.6 Å². The van der Waals surface area contributed by atoms with Gasteiger partial charge in [-0.2, -0.15) is 4.99 Å². The number of benzene rings is 3. The standard InChI is InChI=1S/C25H24N4O6S3/c1-35-15-14-28-22-11-10-20(37(26,31)32)16-23(22)36-25(28)27-24(30)18-6-8-19(9-7-18)38(33,34)29-13-12-17-4-2-3-5-21(17)29/h2-11,16H,12-15H2,1H3,(H2,26,31,32). The summed E-state index contributed by atoms with van der Waals surface area (Å²) in [5.74, 6) is -0.565. The Kier molecular flexibility index (Phi) is 6.96. The first-order valence-corrected chi connectivity index (χ1v) is 15.3. The summed E-state index contributed by atoms with van der Waals surface area (Å²) in [5, 5.41) is 5.26. The fourth-order valence-electron chi connectivity index (χ4n) is 4.32. The number of ether oxygens (including phenoxy) is 1. The molecule has 1 aliphatic heterocycles. The van der Waals surface area contributed by atoms with E-state index < -0.39 is 26.0 Å². The lowest BCUT2D eigenvalue weighted by molar-refractivity contribution is 0.0997. The van der Waals surface area contributed by atoms with Gasteiger partial charge < -0.3 is 9.30 Å². The van der Waals surface area contributed by atoms with Crippen molar-refractivity contribution in [1.82, 2.24) is 4.57 Å². The molecule has 5 rings (SSSR count). The number of hydrogen-bond acceptors (Lipinski definition) is 7. The van der Waals surface area contributed by atoms with E-state index in [9.17, 15) is 21.6 Å². The zero-order chi connectivity index (χ0) is 27.1. The van der Waals surface area contributed by atoms with Gasteiger partial charge in [-0.05, 0) is 60.5 Å². The molecule has 1 aliphatic rings. The van der Waals surface area contributed by atoms with E-state index in [2.05, 4.69) is 4.99 Å². The first-order valence-electron chi connectivity index (χ1n) is 11.5. The van der Waals surface area contributed by atoms with Crippen LogP contribution >= 0.6 is 11.3 Å². The molecule has 0 fully saturated rings. The molecular weight excluding hydrogens is 548 g/mol. The number of amides is 1. The highest BCUT2D eigenvalue weighted by Crippen LogP contribution is 2.32. The Bertz CT molecular complexity index is 1820. The number of methoxy groups -OCH3 is 1. The minimum Gasteiger partial charge on any atom is -0.383 e. The SMILES string of the molecule is COCCn1c(=NC(=O)c2ccc(S(=O)(=O)N3CCc4ccccc43)cc2)sc2cc(S(N)(=O)=O)ccc21. The highest BCUT2D eigenvalue weighted by atomic mass is 32.2. The van der Waals surface area contributed by atoms with Crippen LogP contribution in [0.25, 0.3) is 10.2 Å². The molecule has 2 heterocycles. The van der Waals surface area contributed by atoms with Crippen LogP contribution in [-0.2, 0) is 37.7 Å². The number of fused-ring (bicyclic) bond motifs is 2. The zero-order valence-electron chi connectivity index (χ0n) is 20.3. The predicted octanol–water partition coefficient (Wildman–Crippen LogP) is 2.49. The van der Waals surface area contributed by atoms with Crippen LogP contribution in [0.1, 0.15) is 15.9 Å². The molecule has 198 valence electrons. The Balaban J connectivity index is 1.48. The number of hydrogen-bond donors (Lipinski definition) is 1.